The summed E-state index contributed by atoms with van der Waals surface area (Å²) in [6.07, 6.45) is 30.6. The Balaban J connectivity index is 3.44. The molecule has 0 amide bonds. The summed E-state index contributed by atoms with van der Waals surface area (Å²) in [5.41, 5.74) is 0. The SMILES string of the molecule is CCCCCCCCCCCCCC(C)CC(C)CC(C)CCCCCCCC. The molecular weight excluding hydrogens is 348 g/mol. The van der Waals surface area contributed by atoms with Gasteiger partial charge in [-0.1, -0.05) is 157 Å². The molecule has 0 heteroatoms. The molecule has 176 valence electrons. The van der Waals surface area contributed by atoms with Gasteiger partial charge in [0.15, 0.2) is 0 Å². The maximum absolute atomic E-state index is 2.51. The lowest BCUT2D eigenvalue weighted by atomic mass is 9.85. The van der Waals surface area contributed by atoms with Crippen molar-refractivity contribution in [3.05, 3.63) is 0 Å². The summed E-state index contributed by atoms with van der Waals surface area (Å²) in [5, 5.41) is 0. The summed E-state index contributed by atoms with van der Waals surface area (Å²) in [4.78, 5) is 0. The van der Waals surface area contributed by atoms with Gasteiger partial charge in [-0.25, -0.2) is 0 Å². The summed E-state index contributed by atoms with van der Waals surface area (Å²) in [6.45, 7) is 12.1. The predicted octanol–water partition coefficient (Wildman–Crippen LogP) is 11.1. The van der Waals surface area contributed by atoms with Gasteiger partial charge in [-0.15, -0.1) is 0 Å². The molecule has 0 radical (unpaired) electrons. The molecule has 0 spiro atoms. The summed E-state index contributed by atoms with van der Waals surface area (Å²) >= 11 is 0. The molecule has 0 fully saturated rings. The molecule has 0 saturated carbocycles. The smallest absolute Gasteiger partial charge is 0.0438 e. The second-order valence-corrected chi connectivity index (χ2v) is 10.7. The minimum Gasteiger partial charge on any atom is -0.0654 e. The van der Waals surface area contributed by atoms with Gasteiger partial charge in [0.1, 0.15) is 0 Å². The van der Waals surface area contributed by atoms with E-state index in [0.29, 0.717) is 0 Å². The normalized spacial score (nSPS) is 14.8. The quantitative estimate of drug-likeness (QED) is 0.147. The fourth-order valence-electron chi connectivity index (χ4n) is 5.14. The zero-order valence-electron chi connectivity index (χ0n) is 21.6. The van der Waals surface area contributed by atoms with Crippen molar-refractivity contribution in [2.75, 3.05) is 0 Å². The molecule has 0 aromatic heterocycles. The second-order valence-electron chi connectivity index (χ2n) is 10.7. The van der Waals surface area contributed by atoms with Crippen LogP contribution in [0.3, 0.4) is 0 Å². The molecule has 0 aromatic carbocycles. The zero-order valence-corrected chi connectivity index (χ0v) is 21.6. The van der Waals surface area contributed by atoms with Gasteiger partial charge in [-0.05, 0) is 30.6 Å². The lowest BCUT2D eigenvalue weighted by Crippen LogP contribution is -2.08. The molecule has 29 heavy (non-hydrogen) atoms. The maximum Gasteiger partial charge on any atom is -0.0438 e. The third-order valence-electron chi connectivity index (χ3n) is 6.96. The average Bonchev–Trinajstić information content (AvgIpc) is 2.68. The van der Waals surface area contributed by atoms with Crippen LogP contribution in [0.4, 0.5) is 0 Å². The zero-order chi connectivity index (χ0) is 21.6. The number of hydrogen-bond acceptors (Lipinski definition) is 0. The van der Waals surface area contributed by atoms with Gasteiger partial charge >= 0.3 is 0 Å². The summed E-state index contributed by atoms with van der Waals surface area (Å²) < 4.78 is 0. The van der Waals surface area contributed by atoms with Gasteiger partial charge in [0.25, 0.3) is 0 Å². The van der Waals surface area contributed by atoms with E-state index in [-0.39, 0.29) is 0 Å². The summed E-state index contributed by atoms with van der Waals surface area (Å²) in [5.74, 6) is 2.79. The van der Waals surface area contributed by atoms with Crippen LogP contribution in [0.25, 0.3) is 0 Å². The molecule has 0 nitrogen and oxygen atoms in total. The van der Waals surface area contributed by atoms with Crippen LogP contribution in [0.5, 0.6) is 0 Å². The Hall–Kier alpha value is 0. The van der Waals surface area contributed by atoms with E-state index in [1.165, 1.54) is 135 Å². The molecule has 0 heterocycles. The fourth-order valence-corrected chi connectivity index (χ4v) is 5.14. The fraction of sp³-hybridized carbons (Fsp3) is 1.00. The van der Waals surface area contributed by atoms with Crippen LogP contribution in [0.2, 0.25) is 0 Å². The van der Waals surface area contributed by atoms with Crippen molar-refractivity contribution in [1.82, 2.24) is 0 Å². The largest absolute Gasteiger partial charge is 0.0654 e. The first-order chi connectivity index (χ1) is 14.1. The lowest BCUT2D eigenvalue weighted by Gasteiger charge is -2.21. The van der Waals surface area contributed by atoms with Crippen LogP contribution in [-0.4, -0.2) is 0 Å². The first kappa shape index (κ1) is 29.0. The highest BCUT2D eigenvalue weighted by Crippen LogP contribution is 2.26. The molecule has 0 N–H and O–H groups in total. The molecule has 0 aromatic rings. The van der Waals surface area contributed by atoms with Gasteiger partial charge in [-0.2, -0.15) is 0 Å². The van der Waals surface area contributed by atoms with Gasteiger partial charge in [0, 0.05) is 0 Å². The third-order valence-corrected chi connectivity index (χ3v) is 6.96. The Morgan fingerprint density at radius 1 is 0.345 bits per heavy atom. The van der Waals surface area contributed by atoms with E-state index in [0.717, 1.165) is 17.8 Å². The molecule has 0 bridgehead atoms. The highest BCUT2D eigenvalue weighted by atomic mass is 14.2. The van der Waals surface area contributed by atoms with Crippen molar-refractivity contribution in [2.45, 2.75) is 169 Å². The van der Waals surface area contributed by atoms with Crippen molar-refractivity contribution >= 4 is 0 Å². The Bertz CT molecular complexity index is 294. The number of unbranched alkanes of at least 4 members (excludes halogenated alkanes) is 15. The monoisotopic (exact) mass is 408 g/mol. The third kappa shape index (κ3) is 22.5. The van der Waals surface area contributed by atoms with Crippen molar-refractivity contribution < 1.29 is 0 Å². The highest BCUT2D eigenvalue weighted by molar-refractivity contribution is 4.64. The Morgan fingerprint density at radius 2 is 0.621 bits per heavy atom. The van der Waals surface area contributed by atoms with Crippen LogP contribution in [0.15, 0.2) is 0 Å². The van der Waals surface area contributed by atoms with Gasteiger partial charge in [0.05, 0.1) is 0 Å². The molecule has 3 atom stereocenters. The van der Waals surface area contributed by atoms with E-state index in [2.05, 4.69) is 34.6 Å². The van der Waals surface area contributed by atoms with Crippen LogP contribution >= 0.6 is 0 Å². The van der Waals surface area contributed by atoms with Crippen molar-refractivity contribution in [1.29, 1.82) is 0 Å². The molecule has 0 saturated heterocycles. The van der Waals surface area contributed by atoms with Crippen LogP contribution in [0, 0.1) is 17.8 Å². The first-order valence-corrected chi connectivity index (χ1v) is 14.1. The topological polar surface area (TPSA) is 0 Å². The van der Waals surface area contributed by atoms with Crippen molar-refractivity contribution in [3.8, 4) is 0 Å². The van der Waals surface area contributed by atoms with E-state index in [1.807, 2.05) is 0 Å². The van der Waals surface area contributed by atoms with Crippen LogP contribution in [0.1, 0.15) is 169 Å². The van der Waals surface area contributed by atoms with Crippen molar-refractivity contribution in [3.63, 3.8) is 0 Å². The lowest BCUT2D eigenvalue weighted by molar-refractivity contribution is 0.315. The Labute approximate surface area is 187 Å². The average molecular weight is 409 g/mol. The van der Waals surface area contributed by atoms with Crippen molar-refractivity contribution in [2.24, 2.45) is 17.8 Å². The van der Waals surface area contributed by atoms with Gasteiger partial charge in [-0.3, -0.25) is 0 Å². The van der Waals surface area contributed by atoms with E-state index in [4.69, 9.17) is 0 Å². The van der Waals surface area contributed by atoms with Crippen LogP contribution in [-0.2, 0) is 0 Å². The molecular formula is C29H60. The Morgan fingerprint density at radius 3 is 0.931 bits per heavy atom. The van der Waals surface area contributed by atoms with E-state index in [1.54, 1.807) is 0 Å². The molecule has 0 rings (SSSR count). The Kier molecular flexibility index (Phi) is 22.7. The molecule has 3 unspecified atom stereocenters. The minimum absolute atomic E-state index is 0.924. The summed E-state index contributed by atoms with van der Waals surface area (Å²) in [7, 11) is 0. The minimum atomic E-state index is 0.924. The maximum atomic E-state index is 2.51. The van der Waals surface area contributed by atoms with Gasteiger partial charge in [0.2, 0.25) is 0 Å². The number of rotatable bonds is 23. The summed E-state index contributed by atoms with van der Waals surface area (Å²) in [6, 6.07) is 0. The molecule has 0 aliphatic carbocycles. The standard InChI is InChI=1S/C29H60/c1-6-8-10-12-14-15-16-17-18-20-22-24-28(4)26-29(5)25-27(3)23-21-19-13-11-9-7-2/h27-29H,6-26H2,1-5H3. The highest BCUT2D eigenvalue weighted by Gasteiger charge is 2.12. The van der Waals surface area contributed by atoms with Crippen LogP contribution < -0.4 is 0 Å². The number of hydrogen-bond donors (Lipinski definition) is 0. The van der Waals surface area contributed by atoms with E-state index < -0.39 is 0 Å². The molecule has 0 aliphatic rings. The van der Waals surface area contributed by atoms with E-state index >= 15 is 0 Å². The second kappa shape index (κ2) is 22.7. The molecule has 0 aliphatic heterocycles. The predicted molar refractivity (Wildman–Crippen MR) is 136 cm³/mol. The van der Waals surface area contributed by atoms with E-state index in [9.17, 15) is 0 Å². The van der Waals surface area contributed by atoms with Gasteiger partial charge < -0.3 is 0 Å². The first-order valence-electron chi connectivity index (χ1n) is 14.1.